The molecule has 0 bridgehead atoms. The second-order valence-electron chi connectivity index (χ2n) is 0.836. The van der Waals surface area contributed by atoms with Crippen molar-refractivity contribution < 1.29 is 9.83 Å². The number of primary amides is 1. The summed E-state index contributed by atoms with van der Waals surface area (Å²) in [5, 5.41) is 8.30. The molecule has 0 aromatic carbocycles. The first-order valence-corrected chi connectivity index (χ1v) is 1.79. The number of urea groups is 1. The molecule has 0 atom stereocenters. The van der Waals surface area contributed by atoms with E-state index in [0.717, 1.165) is 0 Å². The number of hydrogen-bond acceptors (Lipinski definition) is 3. The molecule has 0 aromatic rings. The van der Waals surface area contributed by atoms with E-state index in [4.69, 9.17) is 0 Å². The summed E-state index contributed by atoms with van der Waals surface area (Å²) in [5.41, 5.74) is 4.35. The van der Waals surface area contributed by atoms with Gasteiger partial charge >= 0.3 is 6.03 Å². The lowest BCUT2D eigenvalue weighted by molar-refractivity contribution is -0.599. The fourth-order valence-electron chi connectivity index (χ4n) is 0.0805. The summed E-state index contributed by atoms with van der Waals surface area (Å²) in [6, 6.07) is -1.31. The first-order valence-electron chi connectivity index (χ1n) is 1.45. The fourth-order valence-corrected chi connectivity index (χ4v) is 0.0805. The molecule has 0 heterocycles. The van der Waals surface area contributed by atoms with E-state index in [2.05, 4.69) is 17.5 Å². The van der Waals surface area contributed by atoms with E-state index >= 15 is 0 Å². The van der Waals surface area contributed by atoms with Crippen LogP contribution in [0.15, 0.2) is 0 Å². The number of halogens is 1. The van der Waals surface area contributed by atoms with Gasteiger partial charge in [-0.2, -0.15) is 0 Å². The summed E-state index contributed by atoms with van der Waals surface area (Å²) in [4.78, 5) is 19.2. The Labute approximate surface area is 49.0 Å². The monoisotopic (exact) mass is 139 g/mol. The molecular formula is CH2ClN3O3. The van der Waals surface area contributed by atoms with Crippen LogP contribution in [0.1, 0.15) is 0 Å². The number of carbonyl (C=O) groups excluding carboxylic acids is 1. The van der Waals surface area contributed by atoms with Crippen LogP contribution in [-0.4, -0.2) is 15.6 Å². The van der Waals surface area contributed by atoms with E-state index in [0.29, 0.717) is 0 Å². The van der Waals surface area contributed by atoms with Crippen LogP contribution in [0.5, 0.6) is 0 Å². The molecule has 2 N–H and O–H groups in total. The summed E-state index contributed by atoms with van der Waals surface area (Å²) < 4.78 is -0.333. The largest absolute Gasteiger partial charge is 0.392 e. The lowest BCUT2D eigenvalue weighted by Crippen LogP contribution is -2.32. The second kappa shape index (κ2) is 2.31. The molecule has 0 aromatic heterocycles. The van der Waals surface area contributed by atoms with Crippen molar-refractivity contribution in [2.75, 3.05) is 0 Å². The molecule has 0 aliphatic rings. The highest BCUT2D eigenvalue weighted by Crippen LogP contribution is 1.90. The van der Waals surface area contributed by atoms with Gasteiger partial charge in [0.25, 0.3) is 0 Å². The molecule has 0 unspecified atom stereocenters. The van der Waals surface area contributed by atoms with Gasteiger partial charge in [-0.15, -0.1) is 0 Å². The molecule has 0 radical (unpaired) electrons. The molecule has 0 spiro atoms. The van der Waals surface area contributed by atoms with Crippen LogP contribution in [-0.2, 0) is 0 Å². The Balaban J connectivity index is 3.83. The summed E-state index contributed by atoms with van der Waals surface area (Å²) in [6.07, 6.45) is 0. The van der Waals surface area contributed by atoms with Crippen LogP contribution in [0.25, 0.3) is 0 Å². The van der Waals surface area contributed by atoms with Gasteiger partial charge in [0.15, 0.2) is 5.03 Å². The van der Waals surface area contributed by atoms with Gasteiger partial charge in [-0.1, -0.05) is 0 Å². The molecular weight excluding hydrogens is 137 g/mol. The van der Waals surface area contributed by atoms with Gasteiger partial charge in [-0.25, -0.2) is 14.9 Å². The predicted molar refractivity (Wildman–Crippen MR) is 24.3 cm³/mol. The lowest BCUT2D eigenvalue weighted by atomic mass is 11.1. The maximum Gasteiger partial charge on any atom is 0.392 e. The molecule has 2 amide bonds. The summed E-state index contributed by atoms with van der Waals surface area (Å²) in [5.74, 6) is 0. The van der Waals surface area contributed by atoms with E-state index in [1.54, 1.807) is 0 Å². The Morgan fingerprint density at radius 1 is 1.88 bits per heavy atom. The highest BCUT2D eigenvalue weighted by atomic mass is 35.5. The zero-order valence-electron chi connectivity index (χ0n) is 3.57. The Kier molecular flexibility index (Phi) is 2.01. The summed E-state index contributed by atoms with van der Waals surface area (Å²) in [7, 11) is 0. The quantitative estimate of drug-likeness (QED) is 0.308. The van der Waals surface area contributed by atoms with Crippen LogP contribution in [0, 0.1) is 10.1 Å². The average Bonchev–Trinajstić information content (AvgIpc) is 1.64. The highest BCUT2D eigenvalue weighted by molar-refractivity contribution is 6.19. The lowest BCUT2D eigenvalue weighted by Gasteiger charge is -1.94. The number of nitro groups is 1. The minimum absolute atomic E-state index is 0.333. The number of carbonyl (C=O) groups is 1. The molecule has 0 fully saturated rings. The van der Waals surface area contributed by atoms with E-state index in [1.807, 2.05) is 0 Å². The molecule has 0 saturated carbocycles. The zero-order chi connectivity index (χ0) is 6.73. The van der Waals surface area contributed by atoms with Crippen LogP contribution in [0.3, 0.4) is 0 Å². The maximum absolute atomic E-state index is 9.72. The number of hydrogen-bond donors (Lipinski definition) is 1. The van der Waals surface area contributed by atoms with Crippen molar-refractivity contribution in [1.29, 1.82) is 0 Å². The molecule has 0 saturated heterocycles. The average molecular weight is 139 g/mol. The zero-order valence-corrected chi connectivity index (χ0v) is 4.33. The van der Waals surface area contributed by atoms with Gasteiger partial charge in [0.05, 0.1) is 16.3 Å². The van der Waals surface area contributed by atoms with Gasteiger partial charge in [0.1, 0.15) is 0 Å². The Morgan fingerprint density at radius 3 is 2.25 bits per heavy atom. The van der Waals surface area contributed by atoms with Crippen LogP contribution in [0.2, 0.25) is 0 Å². The van der Waals surface area contributed by atoms with Gasteiger partial charge in [-0.05, 0) is 0 Å². The van der Waals surface area contributed by atoms with Crippen molar-refractivity contribution in [3.63, 3.8) is 0 Å². The molecule has 0 aliphatic carbocycles. The van der Waals surface area contributed by atoms with Crippen molar-refractivity contribution >= 4 is 17.8 Å². The van der Waals surface area contributed by atoms with Crippen molar-refractivity contribution in [1.82, 2.24) is 4.53 Å². The van der Waals surface area contributed by atoms with Crippen molar-refractivity contribution in [3.8, 4) is 0 Å². The second-order valence-corrected chi connectivity index (χ2v) is 1.16. The van der Waals surface area contributed by atoms with Gasteiger partial charge in [-0.3, -0.25) is 0 Å². The smallest absolute Gasteiger partial charge is 0.346 e. The number of nitrogens with two attached hydrogens (primary N) is 1. The highest BCUT2D eigenvalue weighted by Gasteiger charge is 2.16. The summed E-state index contributed by atoms with van der Waals surface area (Å²) >= 11 is 4.61. The molecule has 7 heteroatoms. The standard InChI is InChI=1S/CH2ClN3O3/c2-4(1(3)6)5(7)8/h(H2,3,6). The number of amides is 2. The first kappa shape index (κ1) is 6.96. The third kappa shape index (κ3) is 1.61. The van der Waals surface area contributed by atoms with E-state index in [9.17, 15) is 14.9 Å². The molecule has 46 valence electrons. The van der Waals surface area contributed by atoms with Gasteiger partial charge in [0, 0.05) is 0 Å². The third-order valence-electron chi connectivity index (χ3n) is 0.325. The predicted octanol–water partition coefficient (Wildman–Crippen LogP) is -0.287. The van der Waals surface area contributed by atoms with E-state index in [-0.39, 0.29) is 4.53 Å². The van der Waals surface area contributed by atoms with Gasteiger partial charge < -0.3 is 5.73 Å². The number of rotatable bonds is 1. The molecule has 8 heavy (non-hydrogen) atoms. The van der Waals surface area contributed by atoms with Crippen LogP contribution >= 0.6 is 11.8 Å². The van der Waals surface area contributed by atoms with E-state index in [1.165, 1.54) is 0 Å². The normalized spacial score (nSPS) is 8.12. The maximum atomic E-state index is 9.72. The molecule has 6 nitrogen and oxygen atoms in total. The molecule has 0 rings (SSSR count). The third-order valence-corrected chi connectivity index (χ3v) is 0.615. The summed E-state index contributed by atoms with van der Waals surface area (Å²) in [6.45, 7) is 0. The van der Waals surface area contributed by atoms with Crippen LogP contribution in [0.4, 0.5) is 4.79 Å². The minimum atomic E-state index is -1.31. The van der Waals surface area contributed by atoms with Crippen molar-refractivity contribution in [2.24, 2.45) is 5.73 Å². The Hall–Kier alpha value is -1.04. The minimum Gasteiger partial charge on any atom is -0.346 e. The Bertz CT molecular complexity index is 110. The Morgan fingerprint density at radius 2 is 2.25 bits per heavy atom. The fraction of sp³-hybridized carbons (Fsp3) is 0. The van der Waals surface area contributed by atoms with E-state index < -0.39 is 11.1 Å². The number of hydrazine groups is 1. The first-order chi connectivity index (χ1) is 3.55. The van der Waals surface area contributed by atoms with Crippen molar-refractivity contribution in [2.45, 2.75) is 0 Å². The topological polar surface area (TPSA) is 89.5 Å². The molecule has 0 aliphatic heterocycles. The van der Waals surface area contributed by atoms with Crippen LogP contribution < -0.4 is 5.73 Å². The number of nitrogens with zero attached hydrogens (tertiary/aromatic N) is 2. The van der Waals surface area contributed by atoms with Gasteiger partial charge in [0.2, 0.25) is 0 Å². The van der Waals surface area contributed by atoms with Crippen molar-refractivity contribution in [3.05, 3.63) is 10.1 Å². The SMILES string of the molecule is NC(=O)N(Cl)[N+](=O)[O-].